The van der Waals surface area contributed by atoms with Crippen molar-refractivity contribution < 1.29 is 36.2 Å². The van der Waals surface area contributed by atoms with Crippen LogP contribution in [0.15, 0.2) is 77.5 Å². The lowest BCUT2D eigenvalue weighted by atomic mass is 9.72. The number of rotatable bonds is 12. The number of nitrogen functional groups attached to an aromatic ring is 1. The van der Waals surface area contributed by atoms with E-state index in [1.54, 1.807) is 12.1 Å². The van der Waals surface area contributed by atoms with E-state index >= 15 is 4.39 Å². The van der Waals surface area contributed by atoms with Crippen LogP contribution < -0.4 is 24.8 Å². The smallest absolute Gasteiger partial charge is 0.268 e. The number of amides is 1. The number of carbonyl (C=O) groups is 1. The van der Waals surface area contributed by atoms with E-state index in [2.05, 4.69) is 45.7 Å². The molecule has 2 saturated heterocycles. The topological polar surface area (TPSA) is 149 Å². The number of halogens is 4. The van der Waals surface area contributed by atoms with Gasteiger partial charge in [0, 0.05) is 87.7 Å². The van der Waals surface area contributed by atoms with Gasteiger partial charge in [-0.05, 0) is 60.1 Å². The van der Waals surface area contributed by atoms with E-state index in [0.717, 1.165) is 50.8 Å². The second-order valence-electron chi connectivity index (χ2n) is 16.0. The molecule has 4 aromatic rings. The van der Waals surface area contributed by atoms with E-state index in [1.165, 1.54) is 35.0 Å². The molecule has 1 aliphatic carbocycles. The molecular formula is C42H46Cl2F2N6O6S. The molecule has 7 rings (SSSR count). The number of nitrogens with two attached hydrogens (primary N) is 1. The average Bonchev–Trinajstić information content (AvgIpc) is 3.20. The van der Waals surface area contributed by atoms with E-state index in [0.29, 0.717) is 24.2 Å². The third kappa shape index (κ3) is 10.4. The number of nitrogens with one attached hydrogen (secondary N) is 1. The largest absolute Gasteiger partial charge is 0.472 e. The summed E-state index contributed by atoms with van der Waals surface area (Å²) in [6, 6.07) is 15.0. The highest BCUT2D eigenvalue weighted by molar-refractivity contribution is 7.90. The molecule has 2 fully saturated rings. The molecule has 0 bridgehead atoms. The molecule has 59 heavy (non-hydrogen) atoms. The predicted molar refractivity (Wildman–Crippen MR) is 223 cm³/mol. The Morgan fingerprint density at radius 3 is 2.41 bits per heavy atom. The summed E-state index contributed by atoms with van der Waals surface area (Å²) in [6.45, 7) is 8.36. The molecule has 2 aromatic carbocycles. The molecule has 314 valence electrons. The lowest BCUT2D eigenvalue weighted by Gasteiger charge is -2.39. The second kappa shape index (κ2) is 17.6. The Morgan fingerprint density at radius 1 is 0.983 bits per heavy atom. The van der Waals surface area contributed by atoms with Crippen molar-refractivity contribution in [2.24, 2.45) is 5.41 Å². The highest BCUT2D eigenvalue weighted by atomic mass is 35.5. The first-order valence-corrected chi connectivity index (χ1v) is 21.6. The Balaban J connectivity index is 1.07. The molecule has 0 saturated carbocycles. The summed E-state index contributed by atoms with van der Waals surface area (Å²) in [4.78, 5) is 25.4. The minimum absolute atomic E-state index is 0.0177. The maximum atomic E-state index is 15.0. The summed E-state index contributed by atoms with van der Waals surface area (Å²) in [5.41, 5.74) is 8.93. The van der Waals surface area contributed by atoms with Crippen molar-refractivity contribution in [1.82, 2.24) is 19.6 Å². The van der Waals surface area contributed by atoms with Crippen molar-refractivity contribution >= 4 is 56.2 Å². The summed E-state index contributed by atoms with van der Waals surface area (Å²) in [5.74, 6) is -2.51. The summed E-state index contributed by atoms with van der Waals surface area (Å²) < 4.78 is 75.2. The van der Waals surface area contributed by atoms with Gasteiger partial charge in [-0.2, -0.15) is 0 Å². The van der Waals surface area contributed by atoms with Crippen molar-refractivity contribution in [2.75, 3.05) is 63.2 Å². The molecule has 0 radical (unpaired) electrons. The molecular weight excluding hydrogens is 825 g/mol. The van der Waals surface area contributed by atoms with Crippen molar-refractivity contribution in [2.45, 2.75) is 56.5 Å². The lowest BCUT2D eigenvalue weighted by molar-refractivity contribution is -0.0337. The SMILES string of the molecule is CC1(C)CCC(CN2CCN(c3ccc(C(=O)NS(=O)(=O)c4cnc(OCC5(F)CCOCC5)c(F)c4)c(Oc4cnc(N)c(Cl)c4)c3)CC2)=C(c2ccc(Cl)cc2)C1. The van der Waals surface area contributed by atoms with Gasteiger partial charge in [-0.1, -0.05) is 54.8 Å². The van der Waals surface area contributed by atoms with Crippen molar-refractivity contribution in [3.8, 4) is 17.4 Å². The number of carbonyl (C=O) groups excluding carboxylic acids is 1. The van der Waals surface area contributed by atoms with Crippen LogP contribution >= 0.6 is 23.2 Å². The van der Waals surface area contributed by atoms with Crippen LogP contribution in [0.1, 0.15) is 61.9 Å². The van der Waals surface area contributed by atoms with Gasteiger partial charge in [0.25, 0.3) is 21.8 Å². The predicted octanol–water partition coefficient (Wildman–Crippen LogP) is 8.10. The Bertz CT molecular complexity index is 2340. The first-order valence-electron chi connectivity index (χ1n) is 19.4. The van der Waals surface area contributed by atoms with Gasteiger partial charge in [0.2, 0.25) is 0 Å². The third-order valence-corrected chi connectivity index (χ3v) is 12.8. The first-order chi connectivity index (χ1) is 28.1. The fraction of sp³-hybridized carbons (Fsp3) is 0.405. The number of allylic oxidation sites excluding steroid dienone is 1. The molecule has 3 aliphatic rings. The van der Waals surface area contributed by atoms with E-state index in [-0.39, 0.29) is 59.4 Å². The van der Waals surface area contributed by atoms with E-state index in [9.17, 15) is 17.6 Å². The summed E-state index contributed by atoms with van der Waals surface area (Å²) in [5, 5.41) is 0.835. The van der Waals surface area contributed by atoms with Crippen LogP contribution in [0.25, 0.3) is 5.57 Å². The molecule has 0 atom stereocenters. The van der Waals surface area contributed by atoms with Crippen LogP contribution in [-0.4, -0.2) is 87.4 Å². The van der Waals surface area contributed by atoms with Crippen LogP contribution in [-0.2, 0) is 14.8 Å². The number of sulfonamides is 1. The zero-order valence-electron chi connectivity index (χ0n) is 32.8. The number of hydrogen-bond donors (Lipinski definition) is 2. The quantitative estimate of drug-likeness (QED) is 0.142. The van der Waals surface area contributed by atoms with Crippen LogP contribution in [0.4, 0.5) is 20.3 Å². The standard InChI is InChI=1S/C42H46Cl2F2N6O6S/c1-41(2)10-9-28(34(22-41)27-3-5-29(43)6-4-27)25-51-13-15-52(16-14-51)30-7-8-33(37(19-30)58-31-20-35(44)38(47)48-23-31)39(53)50-59(54,55)32-21-36(45)40(49-24-32)57-26-42(46)11-17-56-18-12-42/h3-8,19-21,23-24H,9-18,22,25-26H2,1-2H3,(H2,47,48)(H,50,53). The Hall–Kier alpha value is -4.54. The molecule has 2 aromatic heterocycles. The lowest BCUT2D eigenvalue weighted by Crippen LogP contribution is -2.47. The summed E-state index contributed by atoms with van der Waals surface area (Å²) in [7, 11) is -4.65. The van der Waals surface area contributed by atoms with Crippen LogP contribution in [0.2, 0.25) is 10.0 Å². The summed E-state index contributed by atoms with van der Waals surface area (Å²) in [6.07, 6.45) is 5.44. The number of aromatic nitrogens is 2. The molecule has 2 aliphatic heterocycles. The average molecular weight is 872 g/mol. The van der Waals surface area contributed by atoms with E-state index in [4.69, 9.17) is 43.1 Å². The molecule has 17 heteroatoms. The number of alkyl halides is 1. The Labute approximate surface area is 352 Å². The maximum absolute atomic E-state index is 15.0. The number of hydrogen-bond acceptors (Lipinski definition) is 11. The van der Waals surface area contributed by atoms with Crippen LogP contribution in [0, 0.1) is 11.2 Å². The number of ether oxygens (including phenoxy) is 3. The minimum Gasteiger partial charge on any atom is -0.472 e. The third-order valence-electron chi connectivity index (χ3n) is 11.0. The number of pyridine rings is 2. The molecule has 1 amide bonds. The first kappa shape index (κ1) is 42.6. The zero-order valence-corrected chi connectivity index (χ0v) is 35.1. The van der Waals surface area contributed by atoms with E-state index < -0.39 is 44.8 Å². The van der Waals surface area contributed by atoms with Gasteiger partial charge in [-0.3, -0.25) is 9.69 Å². The van der Waals surface area contributed by atoms with Crippen LogP contribution in [0.3, 0.4) is 0 Å². The fourth-order valence-electron chi connectivity index (χ4n) is 7.47. The monoisotopic (exact) mass is 870 g/mol. The number of benzene rings is 2. The molecule has 4 heterocycles. The fourth-order valence-corrected chi connectivity index (χ4v) is 8.67. The van der Waals surface area contributed by atoms with Crippen LogP contribution in [0.5, 0.6) is 17.4 Å². The van der Waals surface area contributed by atoms with Crippen molar-refractivity contribution in [3.63, 3.8) is 0 Å². The summed E-state index contributed by atoms with van der Waals surface area (Å²) >= 11 is 12.4. The second-order valence-corrected chi connectivity index (χ2v) is 18.5. The number of nitrogens with zero attached hydrogens (tertiary/aromatic N) is 4. The van der Waals surface area contributed by atoms with Crippen molar-refractivity contribution in [3.05, 3.63) is 99.6 Å². The highest BCUT2D eigenvalue weighted by Gasteiger charge is 2.34. The van der Waals surface area contributed by atoms with Gasteiger partial charge in [-0.15, -0.1) is 0 Å². The van der Waals surface area contributed by atoms with Gasteiger partial charge < -0.3 is 24.8 Å². The van der Waals surface area contributed by atoms with E-state index in [1.807, 2.05) is 16.9 Å². The van der Waals surface area contributed by atoms with Gasteiger partial charge in [0.1, 0.15) is 34.5 Å². The highest BCUT2D eigenvalue weighted by Crippen LogP contribution is 2.43. The van der Waals surface area contributed by atoms with Gasteiger partial charge in [-0.25, -0.2) is 31.9 Å². The van der Waals surface area contributed by atoms with Gasteiger partial charge in [0.05, 0.1) is 23.0 Å². The molecule has 12 nitrogen and oxygen atoms in total. The number of piperazine rings is 1. The Kier molecular flexibility index (Phi) is 12.7. The van der Waals surface area contributed by atoms with Gasteiger partial charge in [0.15, 0.2) is 5.82 Å². The minimum atomic E-state index is -4.65. The maximum Gasteiger partial charge on any atom is 0.268 e. The normalized spacial score (nSPS) is 18.4. The molecule has 0 spiro atoms. The molecule has 0 unspecified atom stereocenters. The van der Waals surface area contributed by atoms with Gasteiger partial charge >= 0.3 is 0 Å². The zero-order chi connectivity index (χ0) is 42.0. The number of anilines is 2. The Morgan fingerprint density at radius 2 is 1.71 bits per heavy atom. The molecule has 3 N–H and O–H groups in total. The van der Waals surface area contributed by atoms with Crippen molar-refractivity contribution in [1.29, 1.82) is 0 Å².